The molecule has 1 unspecified atom stereocenters. The first-order valence-corrected chi connectivity index (χ1v) is 4.80. The highest BCUT2D eigenvalue weighted by molar-refractivity contribution is 4.93. The van der Waals surface area contributed by atoms with Crippen LogP contribution >= 0.6 is 0 Å². The number of rotatable bonds is 4. The Morgan fingerprint density at radius 3 is 3.00 bits per heavy atom. The van der Waals surface area contributed by atoms with Crippen molar-refractivity contribution in [1.29, 1.82) is 0 Å². The fraction of sp³-hybridized carbons (Fsp3) is 0.778. The van der Waals surface area contributed by atoms with Crippen molar-refractivity contribution in [2.24, 2.45) is 5.92 Å². The molecule has 1 aromatic heterocycles. The molecule has 1 N–H and O–H groups in total. The molecular weight excluding hydrogens is 168 g/mol. The van der Waals surface area contributed by atoms with Gasteiger partial charge in [-0.25, -0.2) is 0 Å². The van der Waals surface area contributed by atoms with Gasteiger partial charge < -0.3 is 9.63 Å². The standard InChI is InChI=1S/C9H14N2O2/c1-2-7(12)9-10-8(13-11-9)5-6-3-4-6/h6-7,12H,2-5H2,1H3. The molecule has 2 rings (SSSR count). The lowest BCUT2D eigenvalue weighted by Gasteiger charge is -1.97. The average molecular weight is 182 g/mol. The Labute approximate surface area is 77.0 Å². The number of aliphatic hydroxyl groups excluding tert-OH is 1. The van der Waals surface area contributed by atoms with E-state index >= 15 is 0 Å². The first-order chi connectivity index (χ1) is 6.29. The van der Waals surface area contributed by atoms with Crippen LogP contribution in [0.4, 0.5) is 0 Å². The number of hydrogen-bond donors (Lipinski definition) is 1. The van der Waals surface area contributed by atoms with E-state index < -0.39 is 6.10 Å². The summed E-state index contributed by atoms with van der Waals surface area (Å²) in [6, 6.07) is 0. The Morgan fingerprint density at radius 2 is 2.38 bits per heavy atom. The third-order valence-electron chi connectivity index (χ3n) is 2.33. The normalized spacial score (nSPS) is 18.9. The fourth-order valence-electron chi connectivity index (χ4n) is 1.24. The second-order valence-corrected chi connectivity index (χ2v) is 3.62. The average Bonchev–Trinajstić information content (AvgIpc) is 2.81. The summed E-state index contributed by atoms with van der Waals surface area (Å²) in [6.45, 7) is 1.89. The van der Waals surface area contributed by atoms with E-state index in [0.29, 0.717) is 18.1 Å². The molecule has 1 aliphatic carbocycles. The van der Waals surface area contributed by atoms with Crippen molar-refractivity contribution in [2.75, 3.05) is 0 Å². The van der Waals surface area contributed by atoms with Crippen LogP contribution in [-0.2, 0) is 6.42 Å². The van der Waals surface area contributed by atoms with Gasteiger partial charge in [0.05, 0.1) is 0 Å². The van der Waals surface area contributed by atoms with Crippen molar-refractivity contribution in [1.82, 2.24) is 10.1 Å². The van der Waals surface area contributed by atoms with Gasteiger partial charge in [-0.05, 0) is 25.2 Å². The summed E-state index contributed by atoms with van der Waals surface area (Å²) in [5.41, 5.74) is 0. The van der Waals surface area contributed by atoms with Gasteiger partial charge in [0.1, 0.15) is 6.10 Å². The van der Waals surface area contributed by atoms with Crippen molar-refractivity contribution in [3.05, 3.63) is 11.7 Å². The van der Waals surface area contributed by atoms with E-state index in [0.717, 1.165) is 12.3 Å². The molecule has 1 heterocycles. The lowest BCUT2D eigenvalue weighted by molar-refractivity contribution is 0.159. The minimum Gasteiger partial charge on any atom is -0.385 e. The molecule has 0 aromatic carbocycles. The zero-order valence-corrected chi connectivity index (χ0v) is 7.73. The minimum atomic E-state index is -0.572. The molecule has 1 fully saturated rings. The van der Waals surface area contributed by atoms with Crippen molar-refractivity contribution in [3.63, 3.8) is 0 Å². The van der Waals surface area contributed by atoms with E-state index in [9.17, 15) is 5.11 Å². The van der Waals surface area contributed by atoms with Gasteiger partial charge >= 0.3 is 0 Å². The number of hydrogen-bond acceptors (Lipinski definition) is 4. The lowest BCUT2D eigenvalue weighted by atomic mass is 10.2. The minimum absolute atomic E-state index is 0.429. The summed E-state index contributed by atoms with van der Waals surface area (Å²) in [4.78, 5) is 4.13. The van der Waals surface area contributed by atoms with Crippen LogP contribution in [0.5, 0.6) is 0 Å². The van der Waals surface area contributed by atoms with Crippen molar-refractivity contribution in [2.45, 2.75) is 38.7 Å². The number of aliphatic hydroxyl groups is 1. The summed E-state index contributed by atoms with van der Waals surface area (Å²) in [7, 11) is 0. The Hall–Kier alpha value is -0.900. The van der Waals surface area contributed by atoms with E-state index in [2.05, 4.69) is 10.1 Å². The molecule has 1 aliphatic rings. The van der Waals surface area contributed by atoms with Crippen LogP contribution in [0, 0.1) is 5.92 Å². The largest absolute Gasteiger partial charge is 0.385 e. The van der Waals surface area contributed by atoms with Crippen molar-refractivity contribution < 1.29 is 9.63 Å². The van der Waals surface area contributed by atoms with Crippen LogP contribution in [-0.4, -0.2) is 15.2 Å². The van der Waals surface area contributed by atoms with Crippen LogP contribution in [0.25, 0.3) is 0 Å². The molecule has 0 spiro atoms. The van der Waals surface area contributed by atoms with Gasteiger partial charge in [-0.1, -0.05) is 12.1 Å². The second-order valence-electron chi connectivity index (χ2n) is 3.62. The zero-order valence-electron chi connectivity index (χ0n) is 7.73. The van der Waals surface area contributed by atoms with Crippen molar-refractivity contribution in [3.8, 4) is 0 Å². The van der Waals surface area contributed by atoms with E-state index in [4.69, 9.17) is 4.52 Å². The quantitative estimate of drug-likeness (QED) is 0.765. The van der Waals surface area contributed by atoms with Gasteiger partial charge in [0.15, 0.2) is 5.82 Å². The molecule has 1 saturated carbocycles. The molecular formula is C9H14N2O2. The summed E-state index contributed by atoms with van der Waals surface area (Å²) in [6.07, 6.45) is 3.48. The van der Waals surface area contributed by atoms with Crippen LogP contribution in [0.2, 0.25) is 0 Å². The van der Waals surface area contributed by atoms with Gasteiger partial charge in [0.2, 0.25) is 5.89 Å². The van der Waals surface area contributed by atoms with Gasteiger partial charge in [-0.15, -0.1) is 0 Å². The number of nitrogens with zero attached hydrogens (tertiary/aromatic N) is 2. The van der Waals surface area contributed by atoms with Crippen LogP contribution in [0.1, 0.15) is 44.0 Å². The Morgan fingerprint density at radius 1 is 1.62 bits per heavy atom. The van der Waals surface area contributed by atoms with E-state index in [1.54, 1.807) is 0 Å². The third kappa shape index (κ3) is 2.06. The molecule has 4 nitrogen and oxygen atoms in total. The molecule has 0 saturated heterocycles. The molecule has 0 radical (unpaired) electrons. The molecule has 13 heavy (non-hydrogen) atoms. The van der Waals surface area contributed by atoms with Crippen LogP contribution in [0.3, 0.4) is 0 Å². The first-order valence-electron chi connectivity index (χ1n) is 4.80. The topological polar surface area (TPSA) is 59.2 Å². The second kappa shape index (κ2) is 3.46. The zero-order chi connectivity index (χ0) is 9.26. The van der Waals surface area contributed by atoms with Gasteiger partial charge in [0, 0.05) is 6.42 Å². The van der Waals surface area contributed by atoms with E-state index in [1.807, 2.05) is 6.92 Å². The predicted octanol–water partition coefficient (Wildman–Crippen LogP) is 1.47. The van der Waals surface area contributed by atoms with Crippen molar-refractivity contribution >= 4 is 0 Å². The molecule has 0 bridgehead atoms. The van der Waals surface area contributed by atoms with Gasteiger partial charge in [-0.3, -0.25) is 0 Å². The summed E-state index contributed by atoms with van der Waals surface area (Å²) >= 11 is 0. The predicted molar refractivity (Wildman–Crippen MR) is 46.0 cm³/mol. The summed E-state index contributed by atoms with van der Waals surface area (Å²) < 4.78 is 5.02. The SMILES string of the molecule is CCC(O)c1noc(CC2CC2)n1. The monoisotopic (exact) mass is 182 g/mol. The number of aromatic nitrogens is 2. The molecule has 4 heteroatoms. The van der Waals surface area contributed by atoms with Crippen LogP contribution in [0.15, 0.2) is 4.52 Å². The highest BCUT2D eigenvalue weighted by atomic mass is 16.5. The molecule has 0 aliphatic heterocycles. The molecule has 0 amide bonds. The third-order valence-corrected chi connectivity index (χ3v) is 2.33. The molecule has 1 atom stereocenters. The smallest absolute Gasteiger partial charge is 0.227 e. The van der Waals surface area contributed by atoms with Gasteiger partial charge in [0.25, 0.3) is 0 Å². The van der Waals surface area contributed by atoms with E-state index in [1.165, 1.54) is 12.8 Å². The van der Waals surface area contributed by atoms with Crippen LogP contribution < -0.4 is 0 Å². The maximum atomic E-state index is 9.41. The highest BCUT2D eigenvalue weighted by Gasteiger charge is 2.25. The maximum Gasteiger partial charge on any atom is 0.227 e. The lowest BCUT2D eigenvalue weighted by Crippen LogP contribution is -1.98. The first kappa shape index (κ1) is 8.69. The summed E-state index contributed by atoms with van der Waals surface area (Å²) in [5, 5.41) is 13.1. The van der Waals surface area contributed by atoms with Gasteiger partial charge in [-0.2, -0.15) is 4.98 Å². The fourth-order valence-corrected chi connectivity index (χ4v) is 1.24. The molecule has 1 aromatic rings. The molecule has 72 valence electrons. The Bertz CT molecular complexity index is 281. The summed E-state index contributed by atoms with van der Waals surface area (Å²) in [5.74, 6) is 1.84. The Balaban J connectivity index is 1.99. The Kier molecular flexibility index (Phi) is 2.31. The van der Waals surface area contributed by atoms with E-state index in [-0.39, 0.29) is 0 Å². The maximum absolute atomic E-state index is 9.41. The highest BCUT2D eigenvalue weighted by Crippen LogP contribution is 2.32.